The molecule has 0 saturated heterocycles. The lowest BCUT2D eigenvalue weighted by molar-refractivity contribution is -0.142. The first-order chi connectivity index (χ1) is 5.34. The Kier molecular flexibility index (Phi) is 1.48. The van der Waals surface area contributed by atoms with Gasteiger partial charge in [-0.2, -0.15) is 0 Å². The summed E-state index contributed by atoms with van der Waals surface area (Å²) in [5, 5.41) is 0. The van der Waals surface area contributed by atoms with Crippen molar-refractivity contribution < 1.29 is 9.53 Å². The topological polar surface area (TPSA) is 26.3 Å². The van der Waals surface area contributed by atoms with E-state index in [2.05, 4.69) is 12.2 Å². The smallest absolute Gasteiger partial charge is 0.309 e. The first-order valence-electron chi connectivity index (χ1n) is 4.07. The maximum absolute atomic E-state index is 11.1. The Bertz CT molecular complexity index is 194. The number of esters is 1. The molecule has 60 valence electrons. The molecule has 0 aromatic rings. The van der Waals surface area contributed by atoms with E-state index >= 15 is 0 Å². The average Bonchev–Trinajstić information content (AvgIpc) is 2.77. The molecule has 0 amide bonds. The van der Waals surface area contributed by atoms with Crippen molar-refractivity contribution in [1.29, 1.82) is 0 Å². The maximum Gasteiger partial charge on any atom is 0.309 e. The normalized spacial score (nSPS) is 39.5. The van der Waals surface area contributed by atoms with Gasteiger partial charge >= 0.3 is 5.97 Å². The third kappa shape index (κ3) is 0.971. The lowest BCUT2D eigenvalue weighted by atomic mass is 10.1. The predicted octanol–water partition coefficient (Wildman–Crippen LogP) is 1.37. The number of fused-ring (bicyclic) bond motifs is 1. The number of allylic oxidation sites excluding steroid dienone is 2. The van der Waals surface area contributed by atoms with Crippen molar-refractivity contribution in [2.75, 3.05) is 7.11 Å². The Morgan fingerprint density at radius 1 is 1.36 bits per heavy atom. The quantitative estimate of drug-likeness (QED) is 0.419. The van der Waals surface area contributed by atoms with Gasteiger partial charge < -0.3 is 4.74 Å². The second-order valence-corrected chi connectivity index (χ2v) is 3.32. The van der Waals surface area contributed by atoms with Crippen molar-refractivity contribution in [1.82, 2.24) is 0 Å². The molecule has 0 aliphatic heterocycles. The van der Waals surface area contributed by atoms with Gasteiger partial charge in [0.2, 0.25) is 0 Å². The molecule has 2 atom stereocenters. The number of carbonyl (C=O) groups excluding carboxylic acids is 1. The van der Waals surface area contributed by atoms with Crippen molar-refractivity contribution >= 4 is 5.97 Å². The monoisotopic (exact) mass is 152 g/mol. The van der Waals surface area contributed by atoms with Crippen LogP contribution in [-0.4, -0.2) is 13.1 Å². The SMILES string of the molecule is COC(=O)C1[C@H]2CC=CC[C@H]12. The third-order valence-corrected chi connectivity index (χ3v) is 2.79. The highest BCUT2D eigenvalue weighted by Gasteiger charge is 2.54. The highest BCUT2D eigenvalue weighted by Crippen LogP contribution is 2.53. The van der Waals surface area contributed by atoms with Gasteiger partial charge in [0.25, 0.3) is 0 Å². The Labute approximate surface area is 66.2 Å². The summed E-state index contributed by atoms with van der Waals surface area (Å²) in [6, 6.07) is 0. The molecule has 0 radical (unpaired) electrons. The van der Waals surface area contributed by atoms with Gasteiger partial charge in [0.05, 0.1) is 13.0 Å². The molecule has 0 unspecified atom stereocenters. The third-order valence-electron chi connectivity index (χ3n) is 2.79. The number of hydrogen-bond acceptors (Lipinski definition) is 2. The summed E-state index contributed by atoms with van der Waals surface area (Å²) in [5.41, 5.74) is 0. The summed E-state index contributed by atoms with van der Waals surface area (Å²) >= 11 is 0. The molecule has 11 heavy (non-hydrogen) atoms. The van der Waals surface area contributed by atoms with Crippen LogP contribution in [-0.2, 0) is 9.53 Å². The number of hydrogen-bond donors (Lipinski definition) is 0. The van der Waals surface area contributed by atoms with E-state index in [1.165, 1.54) is 7.11 Å². The highest BCUT2D eigenvalue weighted by molar-refractivity contribution is 5.76. The molecule has 0 aromatic carbocycles. The molecule has 0 bridgehead atoms. The van der Waals surface area contributed by atoms with Crippen LogP contribution in [0.5, 0.6) is 0 Å². The molecule has 0 spiro atoms. The minimum Gasteiger partial charge on any atom is -0.469 e. The molecule has 1 saturated carbocycles. The van der Waals surface area contributed by atoms with E-state index in [-0.39, 0.29) is 11.9 Å². The summed E-state index contributed by atoms with van der Waals surface area (Å²) < 4.78 is 4.70. The van der Waals surface area contributed by atoms with Crippen LogP contribution in [0.25, 0.3) is 0 Å². The predicted molar refractivity (Wildman–Crippen MR) is 40.9 cm³/mol. The molecule has 2 aliphatic carbocycles. The van der Waals surface area contributed by atoms with Gasteiger partial charge in [-0.3, -0.25) is 4.79 Å². The Morgan fingerprint density at radius 3 is 2.36 bits per heavy atom. The van der Waals surface area contributed by atoms with Crippen LogP contribution >= 0.6 is 0 Å². The van der Waals surface area contributed by atoms with Gasteiger partial charge in [-0.05, 0) is 24.7 Å². The minimum atomic E-state index is -0.0105. The van der Waals surface area contributed by atoms with Crippen molar-refractivity contribution in [2.24, 2.45) is 17.8 Å². The van der Waals surface area contributed by atoms with Crippen LogP contribution < -0.4 is 0 Å². The zero-order valence-corrected chi connectivity index (χ0v) is 6.62. The number of carbonyl (C=O) groups is 1. The molecular formula is C9H12O2. The Hall–Kier alpha value is -0.790. The van der Waals surface area contributed by atoms with Crippen LogP contribution in [0.15, 0.2) is 12.2 Å². The van der Waals surface area contributed by atoms with E-state index in [0.29, 0.717) is 11.8 Å². The molecule has 2 heteroatoms. The van der Waals surface area contributed by atoms with E-state index < -0.39 is 0 Å². The summed E-state index contributed by atoms with van der Waals surface area (Å²) in [6.45, 7) is 0. The summed E-state index contributed by atoms with van der Waals surface area (Å²) in [6.07, 6.45) is 6.49. The molecule has 0 aromatic heterocycles. The number of methoxy groups -OCH3 is 1. The fraction of sp³-hybridized carbons (Fsp3) is 0.667. The van der Waals surface area contributed by atoms with E-state index in [1.807, 2.05) is 0 Å². The van der Waals surface area contributed by atoms with E-state index in [9.17, 15) is 4.79 Å². The minimum absolute atomic E-state index is 0.0105. The molecule has 2 aliphatic rings. The van der Waals surface area contributed by atoms with Crippen molar-refractivity contribution in [3.63, 3.8) is 0 Å². The van der Waals surface area contributed by atoms with Crippen molar-refractivity contribution in [2.45, 2.75) is 12.8 Å². The van der Waals surface area contributed by atoms with Gasteiger partial charge in [0.15, 0.2) is 0 Å². The number of ether oxygens (including phenoxy) is 1. The second-order valence-electron chi connectivity index (χ2n) is 3.32. The lowest BCUT2D eigenvalue weighted by Crippen LogP contribution is -2.04. The average molecular weight is 152 g/mol. The summed E-state index contributed by atoms with van der Waals surface area (Å²) in [4.78, 5) is 11.1. The van der Waals surface area contributed by atoms with Gasteiger partial charge in [-0.25, -0.2) is 0 Å². The van der Waals surface area contributed by atoms with E-state index in [4.69, 9.17) is 4.74 Å². The maximum atomic E-state index is 11.1. The van der Waals surface area contributed by atoms with Gasteiger partial charge in [-0.1, -0.05) is 12.2 Å². The molecule has 0 heterocycles. The number of rotatable bonds is 1. The molecular weight excluding hydrogens is 140 g/mol. The second kappa shape index (κ2) is 2.36. The summed E-state index contributed by atoms with van der Waals surface area (Å²) in [7, 11) is 1.47. The van der Waals surface area contributed by atoms with Crippen molar-refractivity contribution in [3.8, 4) is 0 Å². The van der Waals surface area contributed by atoms with E-state index in [0.717, 1.165) is 12.8 Å². The van der Waals surface area contributed by atoms with Crippen LogP contribution in [0.2, 0.25) is 0 Å². The molecule has 0 N–H and O–H groups in total. The molecule has 2 nitrogen and oxygen atoms in total. The van der Waals surface area contributed by atoms with Gasteiger partial charge in [-0.15, -0.1) is 0 Å². The zero-order valence-electron chi connectivity index (χ0n) is 6.62. The van der Waals surface area contributed by atoms with Gasteiger partial charge in [0, 0.05) is 0 Å². The highest BCUT2D eigenvalue weighted by atomic mass is 16.5. The van der Waals surface area contributed by atoms with Crippen molar-refractivity contribution in [3.05, 3.63) is 12.2 Å². The molecule has 1 fully saturated rings. The molecule has 2 rings (SSSR count). The van der Waals surface area contributed by atoms with Gasteiger partial charge in [0.1, 0.15) is 0 Å². The fourth-order valence-corrected chi connectivity index (χ4v) is 2.08. The zero-order chi connectivity index (χ0) is 7.84. The largest absolute Gasteiger partial charge is 0.469 e. The standard InChI is InChI=1S/C9H12O2/c1-11-9(10)8-6-4-2-3-5-7(6)8/h2-3,6-8H,4-5H2,1H3/t6-,7-/m0/s1. The lowest BCUT2D eigenvalue weighted by Gasteiger charge is -1.96. The van der Waals surface area contributed by atoms with Crippen LogP contribution in [0.1, 0.15) is 12.8 Å². The van der Waals surface area contributed by atoms with E-state index in [1.54, 1.807) is 0 Å². The Morgan fingerprint density at radius 2 is 1.91 bits per heavy atom. The van der Waals surface area contributed by atoms with Crippen LogP contribution in [0.3, 0.4) is 0 Å². The van der Waals surface area contributed by atoms with Crippen LogP contribution in [0.4, 0.5) is 0 Å². The fourth-order valence-electron chi connectivity index (χ4n) is 2.08. The van der Waals surface area contributed by atoms with Crippen LogP contribution in [0, 0.1) is 17.8 Å². The first-order valence-corrected chi connectivity index (χ1v) is 4.07. The first kappa shape index (κ1) is 6.89. The Balaban J connectivity index is 1.98. The summed E-state index contributed by atoms with van der Waals surface area (Å²) in [5.74, 6) is 1.42.